The summed E-state index contributed by atoms with van der Waals surface area (Å²) in [7, 11) is -3.73. The highest BCUT2D eigenvalue weighted by molar-refractivity contribution is 9.10. The van der Waals surface area contributed by atoms with E-state index < -0.39 is 10.0 Å². The first kappa shape index (κ1) is 15.8. The van der Waals surface area contributed by atoms with Crippen molar-refractivity contribution in [1.29, 1.82) is 0 Å². The molecular formula is C10H14BrClN2O3S. The lowest BCUT2D eigenvalue weighted by molar-refractivity contribution is 0.253. The Labute approximate surface area is 120 Å². The molecule has 102 valence electrons. The van der Waals surface area contributed by atoms with Crippen LogP contribution in [0.5, 0.6) is 0 Å². The van der Waals surface area contributed by atoms with Gasteiger partial charge in [-0.15, -0.1) is 0 Å². The van der Waals surface area contributed by atoms with E-state index in [1.807, 2.05) is 6.92 Å². The number of nitrogens with zero attached hydrogens (tertiary/aromatic N) is 2. The van der Waals surface area contributed by atoms with Gasteiger partial charge in [0, 0.05) is 23.8 Å². The van der Waals surface area contributed by atoms with E-state index in [0.29, 0.717) is 17.4 Å². The first-order valence-corrected chi connectivity index (χ1v) is 7.96. The molecule has 0 saturated carbocycles. The summed E-state index contributed by atoms with van der Waals surface area (Å²) in [6, 6.07) is 1.41. The van der Waals surface area contributed by atoms with Crippen molar-refractivity contribution >= 4 is 37.6 Å². The van der Waals surface area contributed by atoms with E-state index in [0.717, 1.165) is 0 Å². The van der Waals surface area contributed by atoms with Gasteiger partial charge in [0.15, 0.2) is 0 Å². The average Bonchev–Trinajstić information content (AvgIpc) is 2.32. The fourth-order valence-electron chi connectivity index (χ4n) is 1.44. The van der Waals surface area contributed by atoms with Crippen LogP contribution in [0.15, 0.2) is 21.6 Å². The molecule has 0 fully saturated rings. The number of pyridine rings is 1. The zero-order valence-corrected chi connectivity index (χ0v) is 13.0. The van der Waals surface area contributed by atoms with Crippen LogP contribution in [0.2, 0.25) is 5.15 Å². The molecule has 0 aliphatic rings. The minimum absolute atomic E-state index is 0.0407. The van der Waals surface area contributed by atoms with Gasteiger partial charge >= 0.3 is 0 Å². The number of aliphatic hydroxyl groups excluding tert-OH is 1. The second-order valence-corrected chi connectivity index (χ2v) is 6.75. The number of rotatable bonds is 6. The number of aliphatic hydroxyl groups is 1. The smallest absolute Gasteiger partial charge is 0.246 e. The van der Waals surface area contributed by atoms with Gasteiger partial charge in [-0.3, -0.25) is 0 Å². The van der Waals surface area contributed by atoms with Crippen LogP contribution in [0.4, 0.5) is 0 Å². The molecule has 0 atom stereocenters. The van der Waals surface area contributed by atoms with Crippen molar-refractivity contribution in [3.05, 3.63) is 21.9 Å². The third-order valence-electron chi connectivity index (χ3n) is 2.21. The summed E-state index contributed by atoms with van der Waals surface area (Å²) in [5, 5.41) is 8.86. The Kier molecular flexibility index (Phi) is 6.00. The van der Waals surface area contributed by atoms with Crippen LogP contribution in [0.1, 0.15) is 13.3 Å². The van der Waals surface area contributed by atoms with Gasteiger partial charge in [-0.1, -0.05) is 18.5 Å². The summed E-state index contributed by atoms with van der Waals surface area (Å²) in [4.78, 5) is 3.74. The Balaban J connectivity index is 3.21. The molecule has 0 aliphatic carbocycles. The number of aromatic nitrogens is 1. The van der Waals surface area contributed by atoms with E-state index in [9.17, 15) is 8.42 Å². The second-order valence-electron chi connectivity index (χ2n) is 3.57. The van der Waals surface area contributed by atoms with Crippen molar-refractivity contribution in [2.75, 3.05) is 19.7 Å². The summed E-state index contributed by atoms with van der Waals surface area (Å²) >= 11 is 8.99. The molecule has 0 radical (unpaired) electrons. The predicted octanol–water partition coefficient (Wildman–Crippen LogP) is 1.89. The normalized spacial score (nSPS) is 12.1. The van der Waals surface area contributed by atoms with Gasteiger partial charge in [-0.05, 0) is 28.4 Å². The highest BCUT2D eigenvalue weighted by Gasteiger charge is 2.26. The number of hydrogen-bond donors (Lipinski definition) is 1. The molecule has 18 heavy (non-hydrogen) atoms. The third kappa shape index (κ3) is 3.64. The lowest BCUT2D eigenvalue weighted by atomic mass is 10.5. The molecule has 0 spiro atoms. The molecule has 8 heteroatoms. The van der Waals surface area contributed by atoms with Gasteiger partial charge in [0.25, 0.3) is 0 Å². The molecule has 1 aromatic heterocycles. The molecule has 5 nitrogen and oxygen atoms in total. The highest BCUT2D eigenvalue weighted by Crippen LogP contribution is 2.25. The summed E-state index contributed by atoms with van der Waals surface area (Å²) in [5.74, 6) is 0. The summed E-state index contributed by atoms with van der Waals surface area (Å²) in [6.07, 6.45) is 2.08. The maximum absolute atomic E-state index is 12.4. The van der Waals surface area contributed by atoms with E-state index >= 15 is 0 Å². The topological polar surface area (TPSA) is 70.5 Å². The Hall–Kier alpha value is -0.210. The summed E-state index contributed by atoms with van der Waals surface area (Å²) in [6.45, 7) is 1.99. The maximum atomic E-state index is 12.4. The molecule has 1 rings (SSSR count). The van der Waals surface area contributed by atoms with Crippen molar-refractivity contribution in [2.24, 2.45) is 0 Å². The van der Waals surface area contributed by atoms with Crippen LogP contribution in [0.3, 0.4) is 0 Å². The van der Waals surface area contributed by atoms with Crippen molar-refractivity contribution in [3.8, 4) is 0 Å². The largest absolute Gasteiger partial charge is 0.395 e. The first-order chi connectivity index (χ1) is 8.43. The molecule has 0 aromatic carbocycles. The van der Waals surface area contributed by atoms with Crippen LogP contribution >= 0.6 is 27.5 Å². The zero-order chi connectivity index (χ0) is 13.8. The second kappa shape index (κ2) is 6.81. The summed E-state index contributed by atoms with van der Waals surface area (Å²) < 4.78 is 26.4. The number of halogens is 2. The van der Waals surface area contributed by atoms with Gasteiger partial charge in [0.2, 0.25) is 10.0 Å². The Bertz CT molecular complexity index is 504. The van der Waals surface area contributed by atoms with Crippen molar-refractivity contribution in [3.63, 3.8) is 0 Å². The standard InChI is InChI=1S/C10H14BrClN2O3S/c1-2-3-14(4-5-15)18(16,17)9-6-8(11)7-13-10(9)12/h6-7,15H,2-5H2,1H3. The van der Waals surface area contributed by atoms with Crippen molar-refractivity contribution in [2.45, 2.75) is 18.2 Å². The van der Waals surface area contributed by atoms with E-state index in [2.05, 4.69) is 20.9 Å². The lowest BCUT2D eigenvalue weighted by Crippen LogP contribution is -2.34. The molecular weight excluding hydrogens is 344 g/mol. The molecule has 1 aromatic rings. The quantitative estimate of drug-likeness (QED) is 0.789. The molecule has 0 saturated heterocycles. The van der Waals surface area contributed by atoms with E-state index in [4.69, 9.17) is 16.7 Å². The first-order valence-electron chi connectivity index (χ1n) is 5.35. The molecule has 1 N–H and O–H groups in total. The Morgan fingerprint density at radius 3 is 2.72 bits per heavy atom. The fourth-order valence-corrected chi connectivity index (χ4v) is 3.88. The van der Waals surface area contributed by atoms with Gasteiger partial charge in [-0.25, -0.2) is 13.4 Å². The summed E-state index contributed by atoms with van der Waals surface area (Å²) in [5.41, 5.74) is 0. The maximum Gasteiger partial charge on any atom is 0.246 e. The van der Waals surface area contributed by atoms with Crippen LogP contribution < -0.4 is 0 Å². The number of hydrogen-bond acceptors (Lipinski definition) is 4. The molecule has 0 unspecified atom stereocenters. The average molecular weight is 358 g/mol. The monoisotopic (exact) mass is 356 g/mol. The van der Waals surface area contributed by atoms with Crippen molar-refractivity contribution < 1.29 is 13.5 Å². The molecule has 0 bridgehead atoms. The Morgan fingerprint density at radius 1 is 1.50 bits per heavy atom. The van der Waals surface area contributed by atoms with Crippen LogP contribution in [0, 0.1) is 0 Å². The highest BCUT2D eigenvalue weighted by atomic mass is 79.9. The molecule has 0 aliphatic heterocycles. The SMILES string of the molecule is CCCN(CCO)S(=O)(=O)c1cc(Br)cnc1Cl. The number of sulfonamides is 1. The minimum atomic E-state index is -3.73. The predicted molar refractivity (Wildman–Crippen MR) is 73.1 cm³/mol. The fraction of sp³-hybridized carbons (Fsp3) is 0.500. The van der Waals surface area contributed by atoms with E-state index in [1.165, 1.54) is 16.6 Å². The van der Waals surface area contributed by atoms with Gasteiger partial charge in [-0.2, -0.15) is 4.31 Å². The van der Waals surface area contributed by atoms with E-state index in [-0.39, 0.29) is 23.2 Å². The van der Waals surface area contributed by atoms with Crippen LogP contribution in [-0.4, -0.2) is 42.5 Å². The minimum Gasteiger partial charge on any atom is -0.395 e. The van der Waals surface area contributed by atoms with E-state index in [1.54, 1.807) is 0 Å². The molecule has 1 heterocycles. The Morgan fingerprint density at radius 2 is 2.17 bits per heavy atom. The van der Waals surface area contributed by atoms with Crippen LogP contribution in [0.25, 0.3) is 0 Å². The van der Waals surface area contributed by atoms with Gasteiger partial charge < -0.3 is 5.11 Å². The van der Waals surface area contributed by atoms with Crippen molar-refractivity contribution in [1.82, 2.24) is 9.29 Å². The third-order valence-corrected chi connectivity index (χ3v) is 4.97. The van der Waals surface area contributed by atoms with Gasteiger partial charge in [0.05, 0.1) is 6.61 Å². The zero-order valence-electron chi connectivity index (χ0n) is 9.81. The van der Waals surface area contributed by atoms with Crippen LogP contribution in [-0.2, 0) is 10.0 Å². The van der Waals surface area contributed by atoms with Gasteiger partial charge in [0.1, 0.15) is 10.0 Å². The molecule has 0 amide bonds. The lowest BCUT2D eigenvalue weighted by Gasteiger charge is -2.21.